The zero-order valence-electron chi connectivity index (χ0n) is 31.9. The number of methoxy groups -OCH3 is 1. The van der Waals surface area contributed by atoms with Gasteiger partial charge in [0, 0.05) is 77.6 Å². The van der Waals surface area contributed by atoms with Gasteiger partial charge in [0.15, 0.2) is 5.65 Å². The molecule has 0 radical (unpaired) electrons. The van der Waals surface area contributed by atoms with E-state index in [1.165, 1.54) is 5.56 Å². The number of ether oxygens (including phenoxy) is 3. The van der Waals surface area contributed by atoms with Gasteiger partial charge >= 0.3 is 0 Å². The monoisotopic (exact) mass is 793 g/mol. The Morgan fingerprint density at radius 2 is 1.58 bits per heavy atom. The molecular weight excluding hydrogens is 745 g/mol. The highest BCUT2D eigenvalue weighted by atomic mass is 32.2. The minimum atomic E-state index is -4.40. The molecule has 1 aliphatic heterocycles. The van der Waals surface area contributed by atoms with Gasteiger partial charge in [0.05, 0.1) is 12.0 Å². The minimum absolute atomic E-state index is 0.166. The van der Waals surface area contributed by atoms with Crippen molar-refractivity contribution in [3.05, 3.63) is 90.1 Å². The van der Waals surface area contributed by atoms with Gasteiger partial charge in [-0.1, -0.05) is 43.9 Å². The van der Waals surface area contributed by atoms with Crippen molar-refractivity contribution in [1.82, 2.24) is 24.3 Å². The first kappa shape index (κ1) is 40.2. The zero-order chi connectivity index (χ0) is 39.2. The molecule has 0 atom stereocenters. The maximum atomic E-state index is 14.3. The predicted octanol–water partition coefficient (Wildman–Crippen LogP) is 7.01. The third kappa shape index (κ3) is 10.7. The number of likely N-dealkylation sites (N-methyl/N-ethyl adjacent to an activating group) is 1. The molecule has 2 aromatic heterocycles. The van der Waals surface area contributed by atoms with E-state index in [9.17, 15) is 17.2 Å². The Balaban J connectivity index is 1.31. The van der Waals surface area contributed by atoms with E-state index in [2.05, 4.69) is 58.7 Å². The van der Waals surface area contributed by atoms with Crippen LogP contribution in [0.5, 0.6) is 5.88 Å². The lowest BCUT2D eigenvalue weighted by Crippen LogP contribution is -2.43. The number of halogens is 2. The maximum Gasteiger partial charge on any atom is 0.264 e. The lowest BCUT2D eigenvalue weighted by atomic mass is 10.1. The number of benzene rings is 3. The molecule has 6 rings (SSSR count). The molecule has 1 fully saturated rings. The van der Waals surface area contributed by atoms with Crippen LogP contribution in [0.2, 0.25) is 25.7 Å². The van der Waals surface area contributed by atoms with E-state index >= 15 is 0 Å². The third-order valence-corrected chi connectivity index (χ3v) is 12.4. The van der Waals surface area contributed by atoms with Crippen molar-refractivity contribution in [2.75, 3.05) is 70.2 Å². The minimum Gasteiger partial charge on any atom is -0.475 e. The molecule has 12 nitrogen and oxygen atoms in total. The molecule has 294 valence electrons. The number of aromatic nitrogens is 3. The standard InChI is InChI=1S/C39H49F2N7O5SSi/c1-46-16-18-47(19-17-46)25-28-6-11-31(12-7-28)42-39-43-37-36(38(44-39)53-21-20-51-2)33(26-48(37)27-52-22-23-55(3,4)5)29-8-13-32(14-9-29)45-54(49,50)35-24-30(40)10-15-34(35)41/h6-15,24,26,45H,16-23,25,27H2,1-5H3,(H,42,43,44). The summed E-state index contributed by atoms with van der Waals surface area (Å²) in [5.41, 5.74) is 4.23. The van der Waals surface area contributed by atoms with Crippen LogP contribution < -0.4 is 14.8 Å². The molecule has 1 saturated heterocycles. The number of fused-ring (bicyclic) bond motifs is 1. The molecule has 0 amide bonds. The first-order chi connectivity index (χ1) is 26.3. The molecule has 2 N–H and O–H groups in total. The van der Waals surface area contributed by atoms with Crippen LogP contribution >= 0.6 is 0 Å². The smallest absolute Gasteiger partial charge is 0.264 e. The number of sulfonamides is 1. The number of hydrogen-bond donors (Lipinski definition) is 2. The Kier molecular flexibility index (Phi) is 12.8. The Morgan fingerprint density at radius 3 is 2.27 bits per heavy atom. The number of nitrogens with one attached hydrogen (secondary N) is 2. The van der Waals surface area contributed by atoms with E-state index in [1.54, 1.807) is 31.4 Å². The van der Waals surface area contributed by atoms with Crippen LogP contribution in [-0.2, 0) is 32.8 Å². The lowest BCUT2D eigenvalue weighted by molar-refractivity contribution is 0.0899. The van der Waals surface area contributed by atoms with E-state index in [0.29, 0.717) is 47.7 Å². The molecular formula is C39H49F2N7O5SSi. The molecule has 5 aromatic rings. The Labute approximate surface area is 322 Å². The Hall–Kier alpha value is -4.45. The quantitative estimate of drug-likeness (QED) is 0.0752. The van der Waals surface area contributed by atoms with Crippen molar-refractivity contribution in [2.45, 2.75) is 43.9 Å². The molecule has 0 saturated carbocycles. The molecule has 0 spiro atoms. The zero-order valence-corrected chi connectivity index (χ0v) is 33.8. The average molecular weight is 794 g/mol. The normalized spacial score (nSPS) is 14.4. The van der Waals surface area contributed by atoms with Gasteiger partial charge in [-0.25, -0.2) is 17.2 Å². The van der Waals surface area contributed by atoms with Crippen LogP contribution in [-0.4, -0.2) is 101 Å². The molecule has 0 aliphatic carbocycles. The second kappa shape index (κ2) is 17.6. The average Bonchev–Trinajstić information content (AvgIpc) is 3.51. The van der Waals surface area contributed by atoms with Crippen molar-refractivity contribution in [3.8, 4) is 17.0 Å². The fourth-order valence-electron chi connectivity index (χ4n) is 6.09. The summed E-state index contributed by atoms with van der Waals surface area (Å²) in [6, 6.07) is 18.1. The summed E-state index contributed by atoms with van der Waals surface area (Å²) >= 11 is 0. The van der Waals surface area contributed by atoms with Gasteiger partial charge in [-0.3, -0.25) is 9.62 Å². The largest absolute Gasteiger partial charge is 0.475 e. The topological polar surface area (TPSA) is 123 Å². The van der Waals surface area contributed by atoms with E-state index in [1.807, 2.05) is 22.9 Å². The van der Waals surface area contributed by atoms with Crippen molar-refractivity contribution >= 4 is 46.5 Å². The van der Waals surface area contributed by atoms with Gasteiger partial charge in [0.1, 0.15) is 29.9 Å². The van der Waals surface area contributed by atoms with Crippen molar-refractivity contribution in [3.63, 3.8) is 0 Å². The Morgan fingerprint density at radius 1 is 0.873 bits per heavy atom. The van der Waals surface area contributed by atoms with Gasteiger partial charge in [0.25, 0.3) is 10.0 Å². The molecule has 0 unspecified atom stereocenters. The summed E-state index contributed by atoms with van der Waals surface area (Å²) in [7, 11) is -2.00. The van der Waals surface area contributed by atoms with Crippen LogP contribution in [0.3, 0.4) is 0 Å². The molecule has 16 heteroatoms. The lowest BCUT2D eigenvalue weighted by Gasteiger charge is -2.32. The molecule has 0 bridgehead atoms. The number of anilines is 3. The molecule has 55 heavy (non-hydrogen) atoms. The SMILES string of the molecule is COCCOc1nc(Nc2ccc(CN3CCN(C)CC3)cc2)nc2c1c(-c1ccc(NS(=O)(=O)c3cc(F)ccc3F)cc1)cn2COCC[Si](C)(C)C. The van der Waals surface area contributed by atoms with E-state index in [4.69, 9.17) is 24.2 Å². The number of piperazine rings is 1. The molecule has 1 aliphatic rings. The van der Waals surface area contributed by atoms with Crippen LogP contribution in [0.25, 0.3) is 22.2 Å². The van der Waals surface area contributed by atoms with Crippen LogP contribution in [0.15, 0.2) is 77.8 Å². The number of hydrogen-bond acceptors (Lipinski definition) is 10. The maximum absolute atomic E-state index is 14.3. The summed E-state index contributed by atoms with van der Waals surface area (Å²) in [5.74, 6) is -1.25. The van der Waals surface area contributed by atoms with E-state index in [0.717, 1.165) is 62.2 Å². The first-order valence-corrected chi connectivity index (χ1v) is 23.4. The van der Waals surface area contributed by atoms with E-state index < -0.39 is 34.6 Å². The fourth-order valence-corrected chi connectivity index (χ4v) is 8.00. The van der Waals surface area contributed by atoms with Crippen molar-refractivity contribution < 1.29 is 31.4 Å². The van der Waals surface area contributed by atoms with Gasteiger partial charge in [-0.05, 0) is 66.7 Å². The van der Waals surface area contributed by atoms with Gasteiger partial charge in [0.2, 0.25) is 11.8 Å². The van der Waals surface area contributed by atoms with Gasteiger partial charge < -0.3 is 29.0 Å². The van der Waals surface area contributed by atoms with Crippen LogP contribution in [0, 0.1) is 11.6 Å². The van der Waals surface area contributed by atoms with E-state index in [-0.39, 0.29) is 19.0 Å². The number of rotatable bonds is 17. The summed E-state index contributed by atoms with van der Waals surface area (Å²) in [6.07, 6.45) is 1.91. The highest BCUT2D eigenvalue weighted by molar-refractivity contribution is 7.92. The van der Waals surface area contributed by atoms with Crippen LogP contribution in [0.4, 0.5) is 26.1 Å². The second-order valence-electron chi connectivity index (χ2n) is 14.9. The van der Waals surface area contributed by atoms with Crippen LogP contribution in [0.1, 0.15) is 5.56 Å². The Bertz CT molecular complexity index is 2170. The summed E-state index contributed by atoms with van der Waals surface area (Å²) in [6.45, 7) is 13.4. The third-order valence-electron chi connectivity index (χ3n) is 9.28. The fraction of sp³-hybridized carbons (Fsp3) is 0.385. The van der Waals surface area contributed by atoms with Gasteiger partial charge in [-0.2, -0.15) is 9.97 Å². The second-order valence-corrected chi connectivity index (χ2v) is 22.2. The number of nitrogens with zero attached hydrogens (tertiary/aromatic N) is 5. The molecule has 3 aromatic carbocycles. The van der Waals surface area contributed by atoms with Gasteiger partial charge in [-0.15, -0.1) is 0 Å². The van der Waals surface area contributed by atoms with Crippen molar-refractivity contribution in [2.24, 2.45) is 0 Å². The summed E-state index contributed by atoms with van der Waals surface area (Å²) in [4.78, 5) is 13.8. The molecule has 3 heterocycles. The highest BCUT2D eigenvalue weighted by Gasteiger charge is 2.23. The predicted molar refractivity (Wildman–Crippen MR) is 214 cm³/mol. The van der Waals surface area contributed by atoms with Crippen molar-refractivity contribution in [1.29, 1.82) is 0 Å². The summed E-state index contributed by atoms with van der Waals surface area (Å²) < 4.78 is 76.0. The first-order valence-electron chi connectivity index (χ1n) is 18.2. The highest BCUT2D eigenvalue weighted by Crippen LogP contribution is 2.37. The summed E-state index contributed by atoms with van der Waals surface area (Å²) in [5, 5.41) is 3.99.